The normalized spacial score (nSPS) is 17.7. The first kappa shape index (κ1) is 22.8. The molecule has 0 N–H and O–H groups in total. The van der Waals surface area contributed by atoms with Gasteiger partial charge in [-0.2, -0.15) is 0 Å². The summed E-state index contributed by atoms with van der Waals surface area (Å²) in [5.74, 6) is -0.240. The SMILES string of the molecule is COC(=O)c1cccc(-c2ccc(C=C3SC(=O)N(CC(=O)N4CCCCC4)C3=O)o2)c1C. The summed E-state index contributed by atoms with van der Waals surface area (Å²) in [6.07, 6.45) is 4.47. The molecule has 4 rings (SSSR count). The molecule has 1 aromatic heterocycles. The lowest BCUT2D eigenvalue weighted by atomic mass is 10.0. The fraction of sp³-hybridized carbons (Fsp3) is 0.333. The highest BCUT2D eigenvalue weighted by molar-refractivity contribution is 8.18. The van der Waals surface area contributed by atoms with Crippen LogP contribution in [0.1, 0.15) is 40.9 Å². The van der Waals surface area contributed by atoms with Crippen LogP contribution in [-0.4, -0.2) is 59.6 Å². The van der Waals surface area contributed by atoms with Crippen LogP contribution < -0.4 is 0 Å². The number of esters is 1. The van der Waals surface area contributed by atoms with E-state index in [4.69, 9.17) is 9.15 Å². The molecule has 0 saturated carbocycles. The molecule has 1 aromatic carbocycles. The van der Waals surface area contributed by atoms with Gasteiger partial charge in [-0.05, 0) is 61.7 Å². The zero-order valence-corrected chi connectivity index (χ0v) is 19.3. The molecule has 0 unspecified atom stereocenters. The van der Waals surface area contributed by atoms with Gasteiger partial charge in [-0.25, -0.2) is 4.79 Å². The molecule has 2 aliphatic heterocycles. The number of furan rings is 1. The van der Waals surface area contributed by atoms with Gasteiger partial charge in [0.2, 0.25) is 5.91 Å². The van der Waals surface area contributed by atoms with Crippen LogP contribution in [0, 0.1) is 6.92 Å². The third kappa shape index (κ3) is 4.73. The van der Waals surface area contributed by atoms with Gasteiger partial charge in [0.1, 0.15) is 18.1 Å². The number of imide groups is 1. The third-order valence-electron chi connectivity index (χ3n) is 5.78. The minimum absolute atomic E-state index is 0.201. The third-order valence-corrected chi connectivity index (χ3v) is 6.69. The first-order valence-electron chi connectivity index (χ1n) is 10.7. The molecule has 0 radical (unpaired) electrons. The summed E-state index contributed by atoms with van der Waals surface area (Å²) in [5, 5.41) is -0.468. The van der Waals surface area contributed by atoms with E-state index in [0.29, 0.717) is 35.7 Å². The van der Waals surface area contributed by atoms with E-state index in [9.17, 15) is 19.2 Å². The van der Waals surface area contributed by atoms with Crippen molar-refractivity contribution in [2.45, 2.75) is 26.2 Å². The molecule has 9 heteroatoms. The number of nitrogens with zero attached hydrogens (tertiary/aromatic N) is 2. The van der Waals surface area contributed by atoms with Crippen LogP contribution in [0.25, 0.3) is 17.4 Å². The van der Waals surface area contributed by atoms with Gasteiger partial charge in [0.05, 0.1) is 17.6 Å². The van der Waals surface area contributed by atoms with E-state index in [2.05, 4.69) is 0 Å². The standard InChI is InChI=1S/C24H24N2O6S/c1-15-17(7-6-8-18(15)23(29)31-2)19-10-9-16(32-19)13-20-22(28)26(24(30)33-20)14-21(27)25-11-4-3-5-12-25/h6-10,13H,3-5,11-12,14H2,1-2H3. The van der Waals surface area contributed by atoms with Crippen LogP contribution in [0.5, 0.6) is 0 Å². The summed E-state index contributed by atoms with van der Waals surface area (Å²) in [5.41, 5.74) is 1.87. The molecule has 0 spiro atoms. The van der Waals surface area contributed by atoms with Crippen molar-refractivity contribution >= 4 is 40.9 Å². The highest BCUT2D eigenvalue weighted by Crippen LogP contribution is 2.34. The Labute approximate surface area is 195 Å². The Bertz CT molecular complexity index is 1150. The van der Waals surface area contributed by atoms with Crippen LogP contribution in [-0.2, 0) is 14.3 Å². The Morgan fingerprint density at radius 2 is 1.88 bits per heavy atom. The fourth-order valence-corrected chi connectivity index (χ4v) is 4.77. The molecular formula is C24H24N2O6S. The van der Waals surface area contributed by atoms with Crippen molar-refractivity contribution in [1.82, 2.24) is 9.80 Å². The van der Waals surface area contributed by atoms with Crippen molar-refractivity contribution < 1.29 is 28.3 Å². The molecule has 0 atom stereocenters. The number of rotatable bonds is 5. The molecule has 3 heterocycles. The molecule has 3 amide bonds. The molecule has 2 saturated heterocycles. The number of carbonyl (C=O) groups excluding carboxylic acids is 4. The lowest BCUT2D eigenvalue weighted by Crippen LogP contribution is -2.44. The Hall–Kier alpha value is -3.33. The Morgan fingerprint density at radius 3 is 2.61 bits per heavy atom. The van der Waals surface area contributed by atoms with Crippen LogP contribution in [0.3, 0.4) is 0 Å². The van der Waals surface area contributed by atoms with Crippen LogP contribution >= 0.6 is 11.8 Å². The first-order chi connectivity index (χ1) is 15.9. The van der Waals surface area contributed by atoms with Crippen molar-refractivity contribution in [1.29, 1.82) is 0 Å². The van der Waals surface area contributed by atoms with Gasteiger partial charge >= 0.3 is 5.97 Å². The summed E-state index contributed by atoms with van der Waals surface area (Å²) in [7, 11) is 1.33. The summed E-state index contributed by atoms with van der Waals surface area (Å²) < 4.78 is 10.7. The average molecular weight is 469 g/mol. The molecule has 2 aliphatic rings. The number of hydrogen-bond donors (Lipinski definition) is 0. The maximum absolute atomic E-state index is 12.8. The Morgan fingerprint density at radius 1 is 1.12 bits per heavy atom. The van der Waals surface area contributed by atoms with Crippen molar-refractivity contribution in [2.24, 2.45) is 0 Å². The van der Waals surface area contributed by atoms with E-state index in [1.54, 1.807) is 36.1 Å². The fourth-order valence-electron chi connectivity index (χ4n) is 3.95. The highest BCUT2D eigenvalue weighted by Gasteiger charge is 2.37. The summed E-state index contributed by atoms with van der Waals surface area (Å²) in [6, 6.07) is 8.66. The molecule has 0 aliphatic carbocycles. The van der Waals surface area contributed by atoms with Crippen molar-refractivity contribution in [3.63, 3.8) is 0 Å². The Kier molecular flexibility index (Phi) is 6.69. The second-order valence-corrected chi connectivity index (χ2v) is 8.87. The summed E-state index contributed by atoms with van der Waals surface area (Å²) in [6.45, 7) is 2.88. The number of amides is 3. The van der Waals surface area contributed by atoms with E-state index >= 15 is 0 Å². The van der Waals surface area contributed by atoms with Crippen molar-refractivity contribution in [3.05, 3.63) is 52.1 Å². The highest BCUT2D eigenvalue weighted by atomic mass is 32.2. The van der Waals surface area contributed by atoms with Gasteiger partial charge in [0.15, 0.2) is 0 Å². The first-order valence-corrected chi connectivity index (χ1v) is 11.5. The lowest BCUT2D eigenvalue weighted by Gasteiger charge is -2.27. The molecule has 33 heavy (non-hydrogen) atoms. The topological polar surface area (TPSA) is 97.1 Å². The largest absolute Gasteiger partial charge is 0.465 e. The van der Waals surface area contributed by atoms with Gasteiger partial charge in [0, 0.05) is 24.7 Å². The predicted octanol–water partition coefficient (Wildman–Crippen LogP) is 4.09. The second kappa shape index (κ2) is 9.66. The number of carbonyl (C=O) groups is 4. The van der Waals surface area contributed by atoms with Crippen LogP contribution in [0.4, 0.5) is 4.79 Å². The van der Waals surface area contributed by atoms with Gasteiger partial charge in [-0.3, -0.25) is 19.3 Å². The maximum Gasteiger partial charge on any atom is 0.338 e. The minimum Gasteiger partial charge on any atom is -0.465 e. The number of methoxy groups -OCH3 is 1. The van der Waals surface area contributed by atoms with E-state index < -0.39 is 17.1 Å². The van der Waals surface area contributed by atoms with Crippen LogP contribution in [0.15, 0.2) is 39.7 Å². The molecule has 2 fully saturated rings. The number of hydrogen-bond acceptors (Lipinski definition) is 7. The lowest BCUT2D eigenvalue weighted by molar-refractivity contribution is -0.136. The van der Waals surface area contributed by atoms with Gasteiger partial charge in [0.25, 0.3) is 11.1 Å². The van der Waals surface area contributed by atoms with E-state index in [1.807, 2.05) is 6.07 Å². The van der Waals surface area contributed by atoms with E-state index in [0.717, 1.165) is 41.5 Å². The van der Waals surface area contributed by atoms with E-state index in [1.165, 1.54) is 13.2 Å². The number of benzene rings is 1. The van der Waals surface area contributed by atoms with Crippen LogP contribution in [0.2, 0.25) is 0 Å². The molecule has 0 bridgehead atoms. The number of likely N-dealkylation sites (tertiary alicyclic amines) is 1. The maximum atomic E-state index is 12.8. The van der Waals surface area contributed by atoms with E-state index in [-0.39, 0.29) is 17.4 Å². The number of ether oxygens (including phenoxy) is 1. The van der Waals surface area contributed by atoms with Gasteiger partial charge in [-0.1, -0.05) is 12.1 Å². The summed E-state index contributed by atoms with van der Waals surface area (Å²) in [4.78, 5) is 52.5. The molecule has 2 aromatic rings. The average Bonchev–Trinajstić information content (AvgIpc) is 3.39. The number of piperidine rings is 1. The molecule has 172 valence electrons. The van der Waals surface area contributed by atoms with Gasteiger partial charge < -0.3 is 14.1 Å². The summed E-state index contributed by atoms with van der Waals surface area (Å²) >= 11 is 0.789. The smallest absolute Gasteiger partial charge is 0.338 e. The quantitative estimate of drug-likeness (QED) is 0.482. The minimum atomic E-state index is -0.503. The Balaban J connectivity index is 1.50. The zero-order valence-electron chi connectivity index (χ0n) is 18.5. The second-order valence-electron chi connectivity index (χ2n) is 7.88. The monoisotopic (exact) mass is 468 g/mol. The number of thioether (sulfide) groups is 1. The molecular weight excluding hydrogens is 444 g/mol. The zero-order chi connectivity index (χ0) is 23.5. The predicted molar refractivity (Wildman–Crippen MR) is 123 cm³/mol. The van der Waals surface area contributed by atoms with Crippen molar-refractivity contribution in [3.8, 4) is 11.3 Å². The van der Waals surface area contributed by atoms with Gasteiger partial charge in [-0.15, -0.1) is 0 Å². The molecule has 8 nitrogen and oxygen atoms in total. The van der Waals surface area contributed by atoms with Crippen molar-refractivity contribution in [2.75, 3.05) is 26.7 Å².